The normalized spacial score (nSPS) is 10.9. The lowest BCUT2D eigenvalue weighted by atomic mass is 10.1. The summed E-state index contributed by atoms with van der Waals surface area (Å²) in [7, 11) is 4.68. The second-order valence-electron chi connectivity index (χ2n) is 6.70. The number of hydrogen-bond acceptors (Lipinski definition) is 9. The van der Waals surface area contributed by atoms with Gasteiger partial charge in [-0.05, 0) is 36.4 Å². The van der Waals surface area contributed by atoms with E-state index in [9.17, 15) is 4.79 Å². The van der Waals surface area contributed by atoms with Gasteiger partial charge in [0.15, 0.2) is 17.3 Å². The molecule has 9 heteroatoms. The maximum Gasteiger partial charge on any atom is 0.203 e. The Morgan fingerprint density at radius 2 is 1.58 bits per heavy atom. The average molecular weight is 461 g/mol. The molecule has 0 aliphatic rings. The minimum absolute atomic E-state index is 0.133. The number of aromatic nitrogens is 4. The molecule has 0 spiro atoms. The third kappa shape index (κ3) is 4.73. The zero-order valence-corrected chi connectivity index (χ0v) is 19.0. The van der Waals surface area contributed by atoms with Crippen LogP contribution in [0.2, 0.25) is 0 Å². The second-order valence-corrected chi connectivity index (χ2v) is 7.74. The number of hydrogen-bond donors (Lipinski definition) is 0. The molecule has 0 saturated carbocycles. The number of methoxy groups -OCH3 is 3. The van der Waals surface area contributed by atoms with Crippen LogP contribution in [-0.4, -0.2) is 47.0 Å². The van der Waals surface area contributed by atoms with Crippen LogP contribution in [0.5, 0.6) is 17.2 Å². The number of carbonyl (C=O) groups is 1. The Kier molecular flexibility index (Phi) is 6.70. The van der Waals surface area contributed by atoms with E-state index in [4.69, 9.17) is 19.2 Å². The van der Waals surface area contributed by atoms with E-state index < -0.39 is 0 Å². The molecule has 0 atom stereocenters. The van der Waals surface area contributed by atoms with Crippen molar-refractivity contribution < 1.29 is 19.0 Å². The highest BCUT2D eigenvalue weighted by Crippen LogP contribution is 2.44. The molecule has 3 aromatic heterocycles. The number of nitrogens with zero attached hydrogens (tertiary/aromatic N) is 4. The second kappa shape index (κ2) is 10.0. The zero-order chi connectivity index (χ0) is 23.2. The van der Waals surface area contributed by atoms with Gasteiger partial charge in [0.25, 0.3) is 0 Å². The van der Waals surface area contributed by atoms with Crippen LogP contribution in [0.4, 0.5) is 0 Å². The number of carbonyl (C=O) groups excluding carboxylic acids is 1. The van der Waals surface area contributed by atoms with Crippen LogP contribution in [0.3, 0.4) is 0 Å². The maximum absolute atomic E-state index is 12.5. The van der Waals surface area contributed by atoms with Gasteiger partial charge in [0.1, 0.15) is 11.3 Å². The molecular formula is C24H20N4O4S. The Bertz CT molecular complexity index is 1270. The summed E-state index contributed by atoms with van der Waals surface area (Å²) >= 11 is 1.43. The molecule has 0 aliphatic heterocycles. The topological polar surface area (TPSA) is 96.3 Å². The van der Waals surface area contributed by atoms with E-state index in [0.29, 0.717) is 33.5 Å². The molecule has 4 rings (SSSR count). The van der Waals surface area contributed by atoms with Crippen molar-refractivity contribution >= 4 is 23.2 Å². The van der Waals surface area contributed by atoms with Crippen molar-refractivity contribution in [2.24, 2.45) is 0 Å². The summed E-state index contributed by atoms with van der Waals surface area (Å²) in [6.07, 6.45) is 11.3. The fourth-order valence-electron chi connectivity index (χ4n) is 3.19. The Labute approximate surface area is 194 Å². The summed E-state index contributed by atoms with van der Waals surface area (Å²) in [4.78, 5) is 30.3. The first-order valence-corrected chi connectivity index (χ1v) is 10.6. The van der Waals surface area contributed by atoms with Gasteiger partial charge in [-0.15, -0.1) is 11.3 Å². The molecule has 1 aromatic carbocycles. The highest BCUT2D eigenvalue weighted by atomic mass is 32.1. The fraction of sp³-hybridized carbons (Fsp3) is 0.125. The quantitative estimate of drug-likeness (QED) is 0.278. The Balaban J connectivity index is 1.80. The van der Waals surface area contributed by atoms with Crippen molar-refractivity contribution in [3.8, 4) is 38.9 Å². The summed E-state index contributed by atoms with van der Waals surface area (Å²) < 4.78 is 16.4. The first-order chi connectivity index (χ1) is 16.1. The van der Waals surface area contributed by atoms with Gasteiger partial charge in [-0.2, -0.15) is 0 Å². The highest BCUT2D eigenvalue weighted by Gasteiger charge is 2.20. The van der Waals surface area contributed by atoms with E-state index in [2.05, 4.69) is 15.0 Å². The highest BCUT2D eigenvalue weighted by molar-refractivity contribution is 7.16. The summed E-state index contributed by atoms with van der Waals surface area (Å²) in [6.45, 7) is 0. The van der Waals surface area contributed by atoms with Gasteiger partial charge in [0, 0.05) is 41.5 Å². The van der Waals surface area contributed by atoms with Crippen molar-refractivity contribution in [3.05, 3.63) is 72.0 Å². The Morgan fingerprint density at radius 1 is 0.909 bits per heavy atom. The lowest BCUT2D eigenvalue weighted by Gasteiger charge is -2.14. The molecule has 0 bridgehead atoms. The Hall–Kier alpha value is -4.11. The summed E-state index contributed by atoms with van der Waals surface area (Å²) in [5.41, 5.74) is 2.81. The first-order valence-electron chi connectivity index (χ1n) is 9.83. The van der Waals surface area contributed by atoms with Crippen molar-refractivity contribution in [2.75, 3.05) is 21.3 Å². The van der Waals surface area contributed by atoms with Gasteiger partial charge < -0.3 is 14.2 Å². The largest absolute Gasteiger partial charge is 0.493 e. The summed E-state index contributed by atoms with van der Waals surface area (Å²) in [5.74, 6) is 1.39. The number of ketones is 1. The molecule has 8 nitrogen and oxygen atoms in total. The first kappa shape index (κ1) is 22.1. The molecule has 33 heavy (non-hydrogen) atoms. The molecule has 0 saturated heterocycles. The number of benzene rings is 1. The van der Waals surface area contributed by atoms with Crippen LogP contribution in [0.15, 0.2) is 61.5 Å². The number of allylic oxidation sites excluding steroid dienone is 1. The monoisotopic (exact) mass is 460 g/mol. The van der Waals surface area contributed by atoms with Crippen LogP contribution in [0.25, 0.3) is 27.8 Å². The number of ether oxygens (including phenoxy) is 3. The van der Waals surface area contributed by atoms with Gasteiger partial charge in [0.2, 0.25) is 5.75 Å². The minimum atomic E-state index is -0.133. The third-order valence-electron chi connectivity index (χ3n) is 4.75. The van der Waals surface area contributed by atoms with Crippen molar-refractivity contribution in [1.82, 2.24) is 19.9 Å². The van der Waals surface area contributed by atoms with E-state index in [-0.39, 0.29) is 5.78 Å². The van der Waals surface area contributed by atoms with Crippen LogP contribution in [-0.2, 0) is 0 Å². The molecule has 0 N–H and O–H groups in total. The molecule has 166 valence electrons. The van der Waals surface area contributed by atoms with Crippen LogP contribution < -0.4 is 14.2 Å². The van der Waals surface area contributed by atoms with Gasteiger partial charge in [-0.25, -0.2) is 15.0 Å². The Morgan fingerprint density at radius 3 is 2.18 bits per heavy atom. The van der Waals surface area contributed by atoms with Crippen molar-refractivity contribution in [1.29, 1.82) is 0 Å². The molecule has 0 radical (unpaired) electrons. The molecule has 0 aliphatic carbocycles. The molecular weight excluding hydrogens is 440 g/mol. The number of thiazole rings is 1. The summed E-state index contributed by atoms with van der Waals surface area (Å²) in [5, 5.41) is 0.653. The van der Waals surface area contributed by atoms with Crippen molar-refractivity contribution in [3.63, 3.8) is 0 Å². The molecule has 0 amide bonds. The third-order valence-corrected chi connectivity index (χ3v) is 5.82. The van der Waals surface area contributed by atoms with E-state index >= 15 is 0 Å². The molecule has 0 fully saturated rings. The molecule has 3 heterocycles. The lowest BCUT2D eigenvalue weighted by Crippen LogP contribution is -1.96. The van der Waals surface area contributed by atoms with Gasteiger partial charge >= 0.3 is 0 Å². The average Bonchev–Trinajstić information content (AvgIpc) is 3.31. The minimum Gasteiger partial charge on any atom is -0.493 e. The predicted octanol–water partition coefficient (Wildman–Crippen LogP) is 4.58. The fourth-order valence-corrected chi connectivity index (χ4v) is 4.16. The standard InChI is InChI=1S/C24H20N4O4S/c1-30-19-10-16(11-20(31-2)23(19)32-3)22-24(17-12-26-14-27-13-17)33-21(28-22)5-4-18(29)15-6-8-25-9-7-15/h4-14H,1-3H3/b5-4+. The van der Waals surface area contributed by atoms with Crippen LogP contribution in [0, 0.1) is 0 Å². The van der Waals surface area contributed by atoms with E-state index in [1.807, 2.05) is 12.1 Å². The van der Waals surface area contributed by atoms with Crippen LogP contribution in [0.1, 0.15) is 15.4 Å². The number of pyridine rings is 1. The van der Waals surface area contributed by atoms with Gasteiger partial charge in [-0.1, -0.05) is 0 Å². The van der Waals surface area contributed by atoms with Gasteiger partial charge in [-0.3, -0.25) is 9.78 Å². The molecule has 0 unspecified atom stereocenters. The maximum atomic E-state index is 12.5. The van der Waals surface area contributed by atoms with E-state index in [0.717, 1.165) is 16.0 Å². The lowest BCUT2D eigenvalue weighted by molar-refractivity contribution is 0.104. The van der Waals surface area contributed by atoms with Crippen molar-refractivity contribution in [2.45, 2.75) is 0 Å². The van der Waals surface area contributed by atoms with E-state index in [1.165, 1.54) is 23.7 Å². The number of rotatable bonds is 8. The van der Waals surface area contributed by atoms with Gasteiger partial charge in [0.05, 0.1) is 31.9 Å². The predicted molar refractivity (Wildman–Crippen MR) is 126 cm³/mol. The zero-order valence-electron chi connectivity index (χ0n) is 18.2. The SMILES string of the molecule is COc1cc(-c2nc(/C=C/C(=O)c3ccncc3)sc2-c2cncnc2)cc(OC)c1OC. The van der Waals surface area contributed by atoms with Crippen LogP contribution >= 0.6 is 11.3 Å². The van der Waals surface area contributed by atoms with E-state index in [1.54, 1.807) is 64.3 Å². The summed E-state index contributed by atoms with van der Waals surface area (Å²) in [6, 6.07) is 7.00. The molecule has 4 aromatic rings. The smallest absolute Gasteiger partial charge is 0.203 e.